The molecule has 2 aliphatic rings. The number of fused-ring (bicyclic) bond motifs is 1. The highest BCUT2D eigenvalue weighted by atomic mass is 16.7. The van der Waals surface area contributed by atoms with Gasteiger partial charge in [0.1, 0.15) is 32.7 Å². The molecular weight excluding hydrogens is 232 g/mol. The average molecular weight is 252 g/mol. The molecule has 3 N–H and O–H groups in total. The third-order valence-corrected chi connectivity index (χ3v) is 3.58. The molecule has 0 aromatic heterocycles. The fourth-order valence-electron chi connectivity index (χ4n) is 2.63. The number of ether oxygens (including phenoxy) is 3. The fraction of sp³-hybridized carbons (Fsp3) is 0.538. The van der Waals surface area contributed by atoms with Crippen LogP contribution >= 0.6 is 0 Å². The van der Waals surface area contributed by atoms with Crippen molar-refractivity contribution in [2.45, 2.75) is 6.54 Å². The third kappa shape index (κ3) is 2.23. The number of hydrogen-bond donors (Lipinski definition) is 2. The summed E-state index contributed by atoms with van der Waals surface area (Å²) in [5.74, 6) is 2.33. The molecule has 2 aliphatic heterocycles. The number of quaternary nitrogens is 2. The Morgan fingerprint density at radius 3 is 2.89 bits per heavy atom. The molecule has 0 bridgehead atoms. The number of hydrogen-bond acceptors (Lipinski definition) is 3. The van der Waals surface area contributed by atoms with Crippen molar-refractivity contribution in [3.05, 3.63) is 17.7 Å². The van der Waals surface area contributed by atoms with Crippen molar-refractivity contribution in [1.29, 1.82) is 0 Å². The van der Waals surface area contributed by atoms with Crippen LogP contribution in [0.15, 0.2) is 12.1 Å². The highest BCUT2D eigenvalue weighted by Gasteiger charge is 2.22. The molecule has 0 saturated carbocycles. The zero-order valence-corrected chi connectivity index (χ0v) is 10.7. The van der Waals surface area contributed by atoms with Crippen LogP contribution in [-0.4, -0.2) is 40.1 Å². The molecule has 3 rings (SSSR count). The summed E-state index contributed by atoms with van der Waals surface area (Å²) in [6.45, 7) is 6.20. The Morgan fingerprint density at radius 1 is 1.28 bits per heavy atom. The van der Waals surface area contributed by atoms with Crippen molar-refractivity contribution in [2.24, 2.45) is 0 Å². The van der Waals surface area contributed by atoms with Gasteiger partial charge in [-0.1, -0.05) is 0 Å². The number of rotatable bonds is 3. The predicted molar refractivity (Wildman–Crippen MR) is 65.2 cm³/mol. The number of piperazine rings is 1. The lowest BCUT2D eigenvalue weighted by Gasteiger charge is -2.22. The minimum atomic E-state index is 0.292. The molecule has 0 radical (unpaired) electrons. The molecule has 18 heavy (non-hydrogen) atoms. The first kappa shape index (κ1) is 11.6. The van der Waals surface area contributed by atoms with Gasteiger partial charge in [0.05, 0.1) is 7.11 Å². The molecule has 0 amide bonds. The van der Waals surface area contributed by atoms with Gasteiger partial charge in [-0.25, -0.2) is 0 Å². The minimum absolute atomic E-state index is 0.292. The minimum Gasteiger partial charge on any atom is -0.493 e. The summed E-state index contributed by atoms with van der Waals surface area (Å²) >= 11 is 0. The fourth-order valence-corrected chi connectivity index (χ4v) is 2.63. The van der Waals surface area contributed by atoms with Crippen LogP contribution in [0.5, 0.6) is 17.2 Å². The Morgan fingerprint density at radius 2 is 2.11 bits per heavy atom. The summed E-state index contributed by atoms with van der Waals surface area (Å²) in [6, 6.07) is 4.15. The first-order valence-corrected chi connectivity index (χ1v) is 6.48. The van der Waals surface area contributed by atoms with Crippen molar-refractivity contribution in [3.8, 4) is 17.2 Å². The average Bonchev–Trinajstić information content (AvgIpc) is 2.87. The first-order chi connectivity index (χ1) is 8.86. The maximum atomic E-state index is 5.45. The number of nitrogens with one attached hydrogen (secondary N) is 1. The monoisotopic (exact) mass is 252 g/mol. The van der Waals surface area contributed by atoms with E-state index >= 15 is 0 Å². The quantitative estimate of drug-likeness (QED) is 0.680. The Labute approximate surface area is 107 Å². The summed E-state index contributed by atoms with van der Waals surface area (Å²) in [7, 11) is 1.67. The number of methoxy groups -OCH3 is 1. The molecule has 0 aliphatic carbocycles. The van der Waals surface area contributed by atoms with Gasteiger partial charge in [-0.2, -0.15) is 0 Å². The van der Waals surface area contributed by atoms with E-state index in [-0.39, 0.29) is 0 Å². The van der Waals surface area contributed by atoms with Gasteiger partial charge < -0.3 is 24.4 Å². The van der Waals surface area contributed by atoms with E-state index in [4.69, 9.17) is 14.2 Å². The zero-order chi connectivity index (χ0) is 12.4. The second kappa shape index (κ2) is 5.04. The van der Waals surface area contributed by atoms with Crippen LogP contribution in [0.4, 0.5) is 0 Å². The van der Waals surface area contributed by atoms with E-state index < -0.39 is 0 Å². The van der Waals surface area contributed by atoms with Gasteiger partial charge in [0.15, 0.2) is 11.5 Å². The van der Waals surface area contributed by atoms with Gasteiger partial charge in [-0.15, -0.1) is 0 Å². The van der Waals surface area contributed by atoms with Crippen LogP contribution in [0.2, 0.25) is 0 Å². The first-order valence-electron chi connectivity index (χ1n) is 6.48. The third-order valence-electron chi connectivity index (χ3n) is 3.58. The second-order valence-electron chi connectivity index (χ2n) is 4.82. The van der Waals surface area contributed by atoms with E-state index in [1.807, 2.05) is 0 Å². The molecular formula is C13H20N2O3+2. The summed E-state index contributed by atoms with van der Waals surface area (Å²) in [4.78, 5) is 1.62. The highest BCUT2D eigenvalue weighted by molar-refractivity contribution is 5.54. The van der Waals surface area contributed by atoms with E-state index in [1.165, 1.54) is 31.7 Å². The summed E-state index contributed by atoms with van der Waals surface area (Å²) in [5.41, 5.74) is 1.26. The number of nitrogens with two attached hydrogens (primary N) is 1. The van der Waals surface area contributed by atoms with Crippen molar-refractivity contribution in [2.75, 3.05) is 40.1 Å². The molecule has 1 aromatic rings. The van der Waals surface area contributed by atoms with E-state index in [9.17, 15) is 0 Å². The topological polar surface area (TPSA) is 48.7 Å². The predicted octanol–water partition coefficient (Wildman–Crippen LogP) is -1.61. The van der Waals surface area contributed by atoms with Gasteiger partial charge in [0, 0.05) is 5.56 Å². The van der Waals surface area contributed by atoms with Gasteiger partial charge in [0.2, 0.25) is 12.5 Å². The van der Waals surface area contributed by atoms with Crippen LogP contribution in [0.1, 0.15) is 5.56 Å². The standard InChI is InChI=1S/C13H18N2O3/c1-16-11-6-10(7-12-13(11)18-9-17-12)8-15-4-2-14-3-5-15/h6-7,14H,2-5,8-9H2,1H3/p+2. The molecule has 5 nitrogen and oxygen atoms in total. The van der Waals surface area contributed by atoms with E-state index in [0.29, 0.717) is 6.79 Å². The van der Waals surface area contributed by atoms with Crippen LogP contribution < -0.4 is 24.4 Å². The normalized spacial score (nSPS) is 18.9. The summed E-state index contributed by atoms with van der Waals surface area (Å²) < 4.78 is 16.2. The lowest BCUT2D eigenvalue weighted by molar-refractivity contribution is -0.958. The lowest BCUT2D eigenvalue weighted by atomic mass is 10.1. The summed E-state index contributed by atoms with van der Waals surface area (Å²) in [6.07, 6.45) is 0. The van der Waals surface area contributed by atoms with Crippen molar-refractivity contribution < 1.29 is 24.4 Å². The Bertz CT molecular complexity index is 430. The van der Waals surface area contributed by atoms with E-state index in [2.05, 4.69) is 17.4 Å². The molecule has 98 valence electrons. The van der Waals surface area contributed by atoms with Crippen molar-refractivity contribution >= 4 is 0 Å². The van der Waals surface area contributed by atoms with E-state index in [1.54, 1.807) is 12.0 Å². The molecule has 1 saturated heterocycles. The molecule has 5 heteroatoms. The second-order valence-corrected chi connectivity index (χ2v) is 4.82. The molecule has 1 fully saturated rings. The van der Waals surface area contributed by atoms with Crippen LogP contribution in [0.3, 0.4) is 0 Å². The van der Waals surface area contributed by atoms with Crippen LogP contribution in [0.25, 0.3) is 0 Å². The van der Waals surface area contributed by atoms with Gasteiger partial charge >= 0.3 is 0 Å². The molecule has 2 heterocycles. The van der Waals surface area contributed by atoms with Crippen molar-refractivity contribution in [3.63, 3.8) is 0 Å². The SMILES string of the molecule is COc1cc(C[NH+]2CC[NH2+]CC2)cc2c1OCO2. The maximum absolute atomic E-state index is 5.45. The van der Waals surface area contributed by atoms with Crippen LogP contribution in [-0.2, 0) is 6.54 Å². The van der Waals surface area contributed by atoms with Gasteiger partial charge in [-0.3, -0.25) is 0 Å². The van der Waals surface area contributed by atoms with E-state index in [0.717, 1.165) is 23.8 Å². The lowest BCUT2D eigenvalue weighted by Crippen LogP contribution is -3.19. The largest absolute Gasteiger partial charge is 0.493 e. The number of benzene rings is 1. The molecule has 0 unspecified atom stereocenters. The molecule has 1 aromatic carbocycles. The Balaban J connectivity index is 1.79. The summed E-state index contributed by atoms with van der Waals surface area (Å²) in [5, 5.41) is 2.38. The van der Waals surface area contributed by atoms with Gasteiger partial charge in [0.25, 0.3) is 0 Å². The molecule has 0 spiro atoms. The highest BCUT2D eigenvalue weighted by Crippen LogP contribution is 2.41. The zero-order valence-electron chi connectivity index (χ0n) is 10.7. The van der Waals surface area contributed by atoms with Crippen LogP contribution in [0, 0.1) is 0 Å². The maximum Gasteiger partial charge on any atom is 0.231 e. The van der Waals surface area contributed by atoms with Gasteiger partial charge in [-0.05, 0) is 12.1 Å². The Kier molecular flexibility index (Phi) is 3.25. The van der Waals surface area contributed by atoms with Crippen molar-refractivity contribution in [1.82, 2.24) is 0 Å². The molecule has 0 atom stereocenters. The Hall–Kier alpha value is -1.46. The smallest absolute Gasteiger partial charge is 0.231 e.